The SMILES string of the molecule is CC/C=C\C/C=C\C/C=C\C/C=C\C/C=C\CCCCCC(=O)OCC(COP(=O)(O)OCC(O)COP(=O)(O)OCC(COC(=O)CCCCCCCC/C=C\C/C=C\C/C=C\CCCCC)OC(=O)CCCC/C=C\C/C=C\C/C=C\C/C=C\CC)OC(=O)CCC/C=C\C/C=C\C/C=C\C/C=C\C/C=C\CC. The molecule has 110 heavy (non-hydrogen) atoms. The summed E-state index contributed by atoms with van der Waals surface area (Å²) in [6, 6.07) is 0. The molecule has 0 aromatic carbocycles. The van der Waals surface area contributed by atoms with Crippen LogP contribution in [0.25, 0.3) is 0 Å². The molecule has 0 rings (SSSR count). The molecule has 0 heterocycles. The monoisotopic (exact) mass is 1570 g/mol. The van der Waals surface area contributed by atoms with Gasteiger partial charge in [-0.15, -0.1) is 0 Å². The second-order valence-electron chi connectivity index (χ2n) is 26.6. The van der Waals surface area contributed by atoms with E-state index in [9.17, 15) is 43.2 Å². The standard InChI is InChI=1S/C91H144O17P2/c1-5-9-13-17-21-25-29-33-37-40-42-45-48-51-55-59-63-67-71-75-88(93)101-81-86(107-90(95)77-73-69-65-61-57-53-47-36-32-28-24-20-16-12-8-4)83-105-109(97,98)103-79-85(92)80-104-110(99,100)106-84-87(108-91(96)78-74-70-66-62-58-54-50-44-39-35-31-27-23-19-15-11-7-3)82-102-89(94)76-72-68-64-60-56-52-49-46-43-41-38-34-30-26-22-18-14-10-6-2/h10-12,14-16,21-28,33-39,42-43,45-47,50,52,54,56-57,61-62,66,85-87,92H,5-9,13,17-20,29-32,40-41,44,48-49,51,53,55,58-60,63-65,67-84H2,1-4H3,(H,97,98)(H,99,100)/b14-10-,15-11-,16-12-,25-21-,26-22-,27-23-,28-24-,37-33-,38-34-,39-35-,45-42-,46-43-,47-36-,54-50-,56-52-,61-57-,66-62-. The minimum Gasteiger partial charge on any atom is -0.462 e. The molecule has 17 nitrogen and oxygen atoms in total. The first kappa shape index (κ1) is 104. The molecule has 0 saturated heterocycles. The fraction of sp³-hybridized carbons (Fsp3) is 0.582. The molecular weight excluding hydrogens is 1430 g/mol. The van der Waals surface area contributed by atoms with Crippen LogP contribution in [-0.4, -0.2) is 96.7 Å². The summed E-state index contributed by atoms with van der Waals surface area (Å²) in [4.78, 5) is 73.2. The van der Waals surface area contributed by atoms with Crippen LogP contribution in [-0.2, 0) is 65.4 Å². The van der Waals surface area contributed by atoms with Gasteiger partial charge in [-0.1, -0.05) is 279 Å². The molecule has 5 atom stereocenters. The van der Waals surface area contributed by atoms with Gasteiger partial charge in [-0.2, -0.15) is 0 Å². The molecule has 0 aromatic heterocycles. The lowest BCUT2D eigenvalue weighted by atomic mass is 10.1. The number of ether oxygens (including phenoxy) is 4. The van der Waals surface area contributed by atoms with Crippen molar-refractivity contribution >= 4 is 39.5 Å². The number of unbranched alkanes of at least 4 members (excludes halogenated alkanes) is 15. The van der Waals surface area contributed by atoms with Gasteiger partial charge in [0.1, 0.15) is 19.3 Å². The lowest BCUT2D eigenvalue weighted by Crippen LogP contribution is -2.30. The number of esters is 4. The van der Waals surface area contributed by atoms with Gasteiger partial charge in [0, 0.05) is 25.7 Å². The summed E-state index contributed by atoms with van der Waals surface area (Å²) in [6.45, 7) is 4.31. The molecule has 0 spiro atoms. The van der Waals surface area contributed by atoms with Crippen LogP contribution < -0.4 is 0 Å². The Balaban J connectivity index is 5.52. The average molecular weight is 1570 g/mol. The molecule has 0 bridgehead atoms. The van der Waals surface area contributed by atoms with Crippen molar-refractivity contribution in [1.29, 1.82) is 0 Å². The topological polar surface area (TPSA) is 237 Å². The van der Waals surface area contributed by atoms with Gasteiger partial charge in [-0.25, -0.2) is 9.13 Å². The summed E-state index contributed by atoms with van der Waals surface area (Å²) in [5.74, 6) is -2.36. The molecule has 620 valence electrons. The van der Waals surface area contributed by atoms with Crippen LogP contribution in [0.15, 0.2) is 207 Å². The molecule has 3 N–H and O–H groups in total. The Kier molecular flexibility index (Phi) is 76.0. The summed E-state index contributed by atoms with van der Waals surface area (Å²) in [5.41, 5.74) is 0. The highest BCUT2D eigenvalue weighted by Gasteiger charge is 2.30. The number of carbonyl (C=O) groups is 4. The van der Waals surface area contributed by atoms with Gasteiger partial charge < -0.3 is 33.8 Å². The van der Waals surface area contributed by atoms with E-state index < -0.39 is 97.5 Å². The molecule has 0 aliphatic carbocycles. The van der Waals surface area contributed by atoms with Gasteiger partial charge in [0.05, 0.1) is 26.4 Å². The largest absolute Gasteiger partial charge is 0.472 e. The van der Waals surface area contributed by atoms with E-state index in [1.54, 1.807) is 0 Å². The molecule has 0 amide bonds. The van der Waals surface area contributed by atoms with Gasteiger partial charge in [-0.05, 0) is 186 Å². The second kappa shape index (κ2) is 80.7. The fourth-order valence-corrected chi connectivity index (χ4v) is 11.6. The molecule has 0 fully saturated rings. The summed E-state index contributed by atoms with van der Waals surface area (Å²) in [7, 11) is -10.0. The van der Waals surface area contributed by atoms with Gasteiger partial charge in [0.2, 0.25) is 0 Å². The van der Waals surface area contributed by atoms with Crippen molar-refractivity contribution in [3.8, 4) is 0 Å². The third kappa shape index (κ3) is 79.7. The molecule has 0 aliphatic heterocycles. The minimum absolute atomic E-state index is 0.00139. The second-order valence-corrected chi connectivity index (χ2v) is 29.5. The summed E-state index contributed by atoms with van der Waals surface area (Å²) in [5, 5.41) is 10.7. The third-order valence-electron chi connectivity index (χ3n) is 16.2. The number of carbonyl (C=O) groups excluding carboxylic acids is 4. The first-order valence-electron chi connectivity index (χ1n) is 41.3. The quantitative estimate of drug-likeness (QED) is 0.0169. The summed E-state index contributed by atoms with van der Waals surface area (Å²) < 4.78 is 68.6. The van der Waals surface area contributed by atoms with E-state index in [4.69, 9.17) is 37.0 Å². The predicted molar refractivity (Wildman–Crippen MR) is 454 cm³/mol. The Morgan fingerprint density at radius 3 is 0.791 bits per heavy atom. The Morgan fingerprint density at radius 2 is 0.482 bits per heavy atom. The van der Waals surface area contributed by atoms with Crippen LogP contribution in [0.4, 0.5) is 0 Å². The number of allylic oxidation sites excluding steroid dienone is 34. The maximum Gasteiger partial charge on any atom is 0.472 e. The normalized spacial score (nSPS) is 14.9. The first-order valence-corrected chi connectivity index (χ1v) is 44.3. The van der Waals surface area contributed by atoms with Crippen LogP contribution in [0.5, 0.6) is 0 Å². The molecule has 0 aromatic rings. The average Bonchev–Trinajstić information content (AvgIpc) is 0.906. The Hall–Kier alpha value is -6.36. The minimum atomic E-state index is -5.02. The van der Waals surface area contributed by atoms with E-state index in [1.807, 2.05) is 12.2 Å². The lowest BCUT2D eigenvalue weighted by molar-refractivity contribution is -0.161. The van der Waals surface area contributed by atoms with E-state index >= 15 is 0 Å². The Morgan fingerprint density at radius 1 is 0.264 bits per heavy atom. The summed E-state index contributed by atoms with van der Waals surface area (Å²) >= 11 is 0. The number of phosphoric acid groups is 2. The Bertz CT molecular complexity index is 2900. The highest BCUT2D eigenvalue weighted by atomic mass is 31.2. The van der Waals surface area contributed by atoms with Crippen molar-refractivity contribution in [2.24, 2.45) is 0 Å². The zero-order valence-electron chi connectivity index (χ0n) is 67.8. The maximum atomic E-state index is 13.1. The smallest absolute Gasteiger partial charge is 0.462 e. The van der Waals surface area contributed by atoms with Crippen molar-refractivity contribution < 1.29 is 80.2 Å². The lowest BCUT2D eigenvalue weighted by Gasteiger charge is -2.21. The van der Waals surface area contributed by atoms with Crippen molar-refractivity contribution in [1.82, 2.24) is 0 Å². The van der Waals surface area contributed by atoms with Gasteiger partial charge in [0.25, 0.3) is 0 Å². The van der Waals surface area contributed by atoms with Crippen LogP contribution >= 0.6 is 15.6 Å². The van der Waals surface area contributed by atoms with Crippen LogP contribution in [0.3, 0.4) is 0 Å². The third-order valence-corrected chi connectivity index (χ3v) is 18.1. The van der Waals surface area contributed by atoms with Crippen molar-refractivity contribution in [2.45, 2.75) is 303 Å². The molecule has 5 unspecified atom stereocenters. The fourth-order valence-electron chi connectivity index (χ4n) is 10.0. The van der Waals surface area contributed by atoms with Gasteiger partial charge in [-0.3, -0.25) is 37.3 Å². The van der Waals surface area contributed by atoms with Crippen molar-refractivity contribution in [3.63, 3.8) is 0 Å². The highest BCUT2D eigenvalue weighted by Crippen LogP contribution is 2.45. The highest BCUT2D eigenvalue weighted by molar-refractivity contribution is 7.47. The number of hydrogen-bond acceptors (Lipinski definition) is 15. The number of aliphatic hydroxyl groups excluding tert-OH is 1. The molecule has 0 radical (unpaired) electrons. The van der Waals surface area contributed by atoms with E-state index in [0.717, 1.165) is 173 Å². The zero-order chi connectivity index (χ0) is 80.3. The summed E-state index contributed by atoms with van der Waals surface area (Å²) in [6.07, 6.45) is 101. The molecule has 0 saturated carbocycles. The van der Waals surface area contributed by atoms with E-state index in [1.165, 1.54) is 19.3 Å². The first-order chi connectivity index (χ1) is 53.7. The van der Waals surface area contributed by atoms with Crippen LogP contribution in [0.1, 0.15) is 285 Å². The maximum absolute atomic E-state index is 13.1. The zero-order valence-corrected chi connectivity index (χ0v) is 69.6. The molecule has 0 aliphatic rings. The molecular formula is C91H144O17P2. The van der Waals surface area contributed by atoms with Crippen LogP contribution in [0, 0.1) is 0 Å². The number of phosphoric ester groups is 2. The molecule has 19 heteroatoms. The van der Waals surface area contributed by atoms with E-state index in [0.29, 0.717) is 38.5 Å². The van der Waals surface area contributed by atoms with Gasteiger partial charge >= 0.3 is 39.5 Å². The van der Waals surface area contributed by atoms with Gasteiger partial charge in [0.15, 0.2) is 12.2 Å². The number of hydrogen-bond donors (Lipinski definition) is 3. The van der Waals surface area contributed by atoms with Crippen LogP contribution in [0.2, 0.25) is 0 Å². The van der Waals surface area contributed by atoms with Crippen molar-refractivity contribution in [2.75, 3.05) is 39.6 Å². The predicted octanol–water partition coefficient (Wildman–Crippen LogP) is 24.7. The Labute approximate surface area is 665 Å². The van der Waals surface area contributed by atoms with E-state index in [-0.39, 0.29) is 25.7 Å². The number of aliphatic hydroxyl groups is 1. The van der Waals surface area contributed by atoms with Crippen molar-refractivity contribution in [3.05, 3.63) is 207 Å². The number of rotatable bonds is 75. The van der Waals surface area contributed by atoms with E-state index in [2.05, 4.69) is 222 Å².